The highest BCUT2D eigenvalue weighted by Crippen LogP contribution is 2.53. The largest absolute Gasteiger partial charge is 0.469 e. The quantitative estimate of drug-likeness (QED) is 0.713. The minimum absolute atomic E-state index is 0.0571. The number of aryl methyl sites for hydroxylation is 1. The van der Waals surface area contributed by atoms with E-state index in [1.54, 1.807) is 6.21 Å². The first kappa shape index (κ1) is 19.5. The maximum Gasteiger partial charge on any atom is 0.294 e. The van der Waals surface area contributed by atoms with Crippen LogP contribution in [0.2, 0.25) is 0 Å². The van der Waals surface area contributed by atoms with Crippen LogP contribution in [0.15, 0.2) is 23.3 Å². The van der Waals surface area contributed by atoms with E-state index in [4.69, 9.17) is 4.74 Å². The van der Waals surface area contributed by atoms with Crippen molar-refractivity contribution in [3.63, 3.8) is 0 Å². The third kappa shape index (κ3) is 3.59. The molecule has 1 aliphatic heterocycles. The molecule has 0 radical (unpaired) electrons. The predicted octanol–water partition coefficient (Wildman–Crippen LogP) is 4.13. The van der Waals surface area contributed by atoms with Crippen LogP contribution in [-0.2, 0) is 4.79 Å². The molecule has 1 aromatic heterocycles. The second-order valence-electron chi connectivity index (χ2n) is 8.43. The number of nitrogens with zero attached hydrogens (tertiary/aromatic N) is 4. The molecule has 6 nitrogen and oxygen atoms in total. The Labute approximate surface area is 176 Å². The number of aromatic nitrogens is 2. The highest BCUT2D eigenvalue weighted by Gasteiger charge is 2.50. The van der Waals surface area contributed by atoms with Crippen molar-refractivity contribution in [3.8, 4) is 5.19 Å². The van der Waals surface area contributed by atoms with Crippen LogP contribution in [0.25, 0.3) is 0 Å². The Morgan fingerprint density at radius 1 is 1.17 bits per heavy atom. The smallest absolute Gasteiger partial charge is 0.294 e. The molecule has 1 amide bonds. The van der Waals surface area contributed by atoms with Crippen molar-refractivity contribution in [2.45, 2.75) is 38.6 Å². The number of ether oxygens (including phenoxy) is 1. The summed E-state index contributed by atoms with van der Waals surface area (Å²) in [5.41, 5.74) is 0.437. The van der Waals surface area contributed by atoms with E-state index in [1.807, 2.05) is 6.92 Å². The van der Waals surface area contributed by atoms with Crippen LogP contribution in [0.4, 0.5) is 8.78 Å². The lowest BCUT2D eigenvalue weighted by atomic mass is 9.55. The maximum atomic E-state index is 13.7. The van der Waals surface area contributed by atoms with Gasteiger partial charge in [-0.15, -0.1) is 10.2 Å². The van der Waals surface area contributed by atoms with E-state index in [0.29, 0.717) is 35.6 Å². The van der Waals surface area contributed by atoms with Gasteiger partial charge in [0.2, 0.25) is 5.91 Å². The normalized spacial score (nSPS) is 29.7. The van der Waals surface area contributed by atoms with Crippen LogP contribution in [0.5, 0.6) is 5.19 Å². The lowest BCUT2D eigenvalue weighted by molar-refractivity contribution is -0.148. The zero-order valence-corrected chi connectivity index (χ0v) is 17.3. The predicted molar refractivity (Wildman–Crippen MR) is 107 cm³/mol. The van der Waals surface area contributed by atoms with Gasteiger partial charge < -0.3 is 4.74 Å². The minimum atomic E-state index is -0.645. The molecule has 3 atom stereocenters. The van der Waals surface area contributed by atoms with Crippen LogP contribution in [0.3, 0.4) is 0 Å². The third-order valence-electron chi connectivity index (χ3n) is 6.57. The van der Waals surface area contributed by atoms with Gasteiger partial charge in [0.05, 0.1) is 12.6 Å². The molecule has 1 aromatic carbocycles. The lowest BCUT2D eigenvalue weighted by Crippen LogP contribution is -2.50. The van der Waals surface area contributed by atoms with Crippen molar-refractivity contribution < 1.29 is 18.3 Å². The van der Waals surface area contributed by atoms with Gasteiger partial charge in [-0.25, -0.2) is 13.8 Å². The average Bonchev–Trinajstić information content (AvgIpc) is 3.33. The molecule has 0 saturated heterocycles. The summed E-state index contributed by atoms with van der Waals surface area (Å²) in [5, 5.41) is 15.1. The summed E-state index contributed by atoms with van der Waals surface area (Å²) in [6.45, 7) is 2.41. The number of fused-ring (bicyclic) bond motifs is 2. The molecule has 0 N–H and O–H groups in total. The third-order valence-corrected chi connectivity index (χ3v) is 7.33. The Bertz CT molecular complexity index is 971. The summed E-state index contributed by atoms with van der Waals surface area (Å²) in [7, 11) is 0. The number of carbonyl (C=O) groups excluding carboxylic acids is 1. The van der Waals surface area contributed by atoms with Gasteiger partial charge >= 0.3 is 0 Å². The van der Waals surface area contributed by atoms with Gasteiger partial charge in [0.1, 0.15) is 16.6 Å². The molecule has 158 valence electrons. The SMILES string of the molecule is Cc1nnc(OCC2C[C@H](C(=O)N3N=CCC3c3cc(F)cc(F)c3)C3CC2C3)s1. The van der Waals surface area contributed by atoms with E-state index >= 15 is 0 Å². The molecule has 3 saturated carbocycles. The summed E-state index contributed by atoms with van der Waals surface area (Å²) in [6.07, 6.45) is 4.86. The molecule has 2 heterocycles. The fourth-order valence-corrected chi connectivity index (χ4v) is 5.54. The Hall–Kier alpha value is -2.42. The highest BCUT2D eigenvalue weighted by atomic mass is 32.1. The minimum Gasteiger partial charge on any atom is -0.469 e. The Morgan fingerprint density at radius 3 is 2.63 bits per heavy atom. The number of rotatable bonds is 5. The first-order chi connectivity index (χ1) is 14.5. The van der Waals surface area contributed by atoms with Gasteiger partial charge in [-0.2, -0.15) is 5.10 Å². The summed E-state index contributed by atoms with van der Waals surface area (Å²) in [4.78, 5) is 13.4. The van der Waals surface area contributed by atoms with Crippen LogP contribution < -0.4 is 4.74 Å². The van der Waals surface area contributed by atoms with Gasteiger partial charge in [-0.3, -0.25) is 4.79 Å². The van der Waals surface area contributed by atoms with Gasteiger partial charge in [-0.1, -0.05) is 11.3 Å². The summed E-state index contributed by atoms with van der Waals surface area (Å²) in [5.74, 6) is -0.286. The van der Waals surface area contributed by atoms with Gasteiger partial charge in [-0.05, 0) is 61.6 Å². The molecule has 2 bridgehead atoms. The molecule has 6 rings (SSSR count). The number of benzene rings is 1. The summed E-state index contributed by atoms with van der Waals surface area (Å²) in [6, 6.07) is 2.94. The maximum absolute atomic E-state index is 13.7. The monoisotopic (exact) mass is 432 g/mol. The van der Waals surface area contributed by atoms with Gasteiger partial charge in [0, 0.05) is 24.6 Å². The van der Waals surface area contributed by atoms with Crippen molar-refractivity contribution in [1.82, 2.24) is 15.2 Å². The Kier molecular flexibility index (Phi) is 5.00. The van der Waals surface area contributed by atoms with E-state index in [0.717, 1.165) is 30.3 Å². The molecule has 0 spiro atoms. The van der Waals surface area contributed by atoms with Gasteiger partial charge in [0.15, 0.2) is 0 Å². The Morgan fingerprint density at radius 2 is 1.93 bits per heavy atom. The van der Waals surface area contributed by atoms with Gasteiger partial charge in [0.25, 0.3) is 5.19 Å². The molecule has 9 heteroatoms. The van der Waals surface area contributed by atoms with Crippen LogP contribution >= 0.6 is 11.3 Å². The first-order valence-electron chi connectivity index (χ1n) is 10.2. The van der Waals surface area contributed by atoms with Crippen molar-refractivity contribution >= 4 is 23.5 Å². The number of hydrogen-bond acceptors (Lipinski definition) is 6. The molecule has 3 aliphatic carbocycles. The molecule has 4 aliphatic rings. The van der Waals surface area contributed by atoms with E-state index in [2.05, 4.69) is 15.3 Å². The number of carbonyl (C=O) groups is 1. The molecule has 2 unspecified atom stereocenters. The number of halogens is 2. The second-order valence-corrected chi connectivity index (χ2v) is 9.57. The zero-order valence-electron chi connectivity index (χ0n) is 16.5. The fraction of sp³-hybridized carbons (Fsp3) is 0.524. The van der Waals surface area contributed by atoms with Crippen molar-refractivity contribution in [2.24, 2.45) is 28.8 Å². The van der Waals surface area contributed by atoms with Crippen molar-refractivity contribution in [1.29, 1.82) is 0 Å². The molecule has 2 aromatic rings. The summed E-state index contributed by atoms with van der Waals surface area (Å²) < 4.78 is 33.2. The topological polar surface area (TPSA) is 67.7 Å². The first-order valence-corrected chi connectivity index (χ1v) is 11.0. The number of hydrazone groups is 1. The molecular formula is C21H22F2N4O2S. The number of amides is 1. The average molecular weight is 432 g/mol. The van der Waals surface area contributed by atoms with Crippen LogP contribution in [-0.4, -0.2) is 33.9 Å². The van der Waals surface area contributed by atoms with Crippen molar-refractivity contribution in [3.05, 3.63) is 40.4 Å². The molecular weight excluding hydrogens is 410 g/mol. The molecule has 3 fully saturated rings. The second kappa shape index (κ2) is 7.68. The van der Waals surface area contributed by atoms with E-state index in [-0.39, 0.29) is 17.7 Å². The van der Waals surface area contributed by atoms with E-state index < -0.39 is 17.7 Å². The Balaban J connectivity index is 1.28. The summed E-state index contributed by atoms with van der Waals surface area (Å²) >= 11 is 1.42. The van der Waals surface area contributed by atoms with Crippen LogP contribution in [0, 0.1) is 42.2 Å². The molecule has 30 heavy (non-hydrogen) atoms. The number of hydrogen-bond donors (Lipinski definition) is 0. The lowest BCUT2D eigenvalue weighted by Gasteiger charge is -2.51. The van der Waals surface area contributed by atoms with E-state index in [1.165, 1.54) is 28.5 Å². The van der Waals surface area contributed by atoms with Crippen LogP contribution in [0.1, 0.15) is 42.3 Å². The fourth-order valence-electron chi connectivity index (χ4n) is 5.00. The highest BCUT2D eigenvalue weighted by molar-refractivity contribution is 7.12. The van der Waals surface area contributed by atoms with E-state index in [9.17, 15) is 13.6 Å². The standard InChI is InChI=1S/C21H22F2N4O2S/c1-11-25-26-21(30-11)29-10-15-8-18(13-4-12(15)5-13)20(28)27-19(2-3-24-27)14-6-16(22)9-17(23)7-14/h3,6-7,9,12-13,15,18-19H,2,4-5,8,10H2,1H3/t12?,13?,15?,18-,19?/m0/s1. The zero-order chi connectivity index (χ0) is 20.8. The van der Waals surface area contributed by atoms with Crippen molar-refractivity contribution in [2.75, 3.05) is 6.61 Å².